The first-order valence-corrected chi connectivity index (χ1v) is 11.3. The Morgan fingerprint density at radius 2 is 1.58 bits per heavy atom. The van der Waals surface area contributed by atoms with Crippen LogP contribution in [0.15, 0.2) is 85.1 Å². The smallest absolute Gasteiger partial charge is 0.395 e. The maximum atomic E-state index is 13.6. The van der Waals surface area contributed by atoms with Crippen molar-refractivity contribution in [1.29, 1.82) is 0 Å². The molecule has 36 heavy (non-hydrogen) atoms. The Kier molecular flexibility index (Phi) is 7.21. The van der Waals surface area contributed by atoms with Gasteiger partial charge in [-0.05, 0) is 53.8 Å². The number of rotatable bonds is 9. The van der Waals surface area contributed by atoms with Gasteiger partial charge in [-0.2, -0.15) is 13.2 Å². The summed E-state index contributed by atoms with van der Waals surface area (Å²) in [5.41, 5.74) is 2.28. The molecule has 4 rings (SSSR count). The standard InChI is InChI=1S/C27H25F5N2O2/c1-17(33-2)25(19-6-4-3-5-7-19)34-22(14-10-18-8-12-21(13-9-18)26(28,29)30)20-11-15-23-24(16-20)36-27(31,32)35-23/h3-9,11-13,15-16,22,25,33-34H,1,10,14H2,2H3. The minimum atomic E-state index is -4.41. The predicted octanol–water partition coefficient (Wildman–Crippen LogP) is 6.76. The summed E-state index contributed by atoms with van der Waals surface area (Å²) in [6.45, 7) is 4.10. The van der Waals surface area contributed by atoms with Gasteiger partial charge in [-0.25, -0.2) is 0 Å². The second-order valence-corrected chi connectivity index (χ2v) is 8.45. The van der Waals surface area contributed by atoms with Crippen LogP contribution in [0.2, 0.25) is 0 Å². The SMILES string of the molecule is C=C(NC)C(NC(CCc1ccc(C(F)(F)F)cc1)c1ccc2c(c1)OC(F)(F)O2)c1ccccc1. The van der Waals surface area contributed by atoms with E-state index in [0.29, 0.717) is 29.7 Å². The van der Waals surface area contributed by atoms with Crippen LogP contribution in [0.25, 0.3) is 0 Å². The lowest BCUT2D eigenvalue weighted by Crippen LogP contribution is -2.31. The number of fused-ring (bicyclic) bond motifs is 1. The molecule has 2 atom stereocenters. The van der Waals surface area contributed by atoms with Gasteiger partial charge >= 0.3 is 12.5 Å². The first-order valence-electron chi connectivity index (χ1n) is 11.3. The molecule has 2 N–H and O–H groups in total. The molecule has 0 radical (unpaired) electrons. The summed E-state index contributed by atoms with van der Waals surface area (Å²) in [7, 11) is 1.75. The van der Waals surface area contributed by atoms with Gasteiger partial charge in [0.2, 0.25) is 0 Å². The maximum Gasteiger partial charge on any atom is 0.586 e. The largest absolute Gasteiger partial charge is 0.586 e. The fraction of sp³-hybridized carbons (Fsp3) is 0.259. The van der Waals surface area contributed by atoms with E-state index < -0.39 is 18.0 Å². The van der Waals surface area contributed by atoms with E-state index in [0.717, 1.165) is 17.7 Å². The molecule has 0 bridgehead atoms. The Hall–Kier alpha value is -3.59. The molecule has 3 aromatic carbocycles. The number of ether oxygens (including phenoxy) is 2. The molecule has 3 aromatic rings. The van der Waals surface area contributed by atoms with Gasteiger partial charge in [-0.3, -0.25) is 5.32 Å². The molecule has 0 aromatic heterocycles. The Balaban J connectivity index is 1.62. The molecule has 2 unspecified atom stereocenters. The summed E-state index contributed by atoms with van der Waals surface area (Å²) < 4.78 is 75.1. The highest BCUT2D eigenvalue weighted by Crippen LogP contribution is 2.43. The highest BCUT2D eigenvalue weighted by Gasteiger charge is 2.43. The fourth-order valence-electron chi connectivity index (χ4n) is 4.09. The van der Waals surface area contributed by atoms with Crippen LogP contribution in [-0.4, -0.2) is 13.3 Å². The van der Waals surface area contributed by atoms with E-state index in [4.69, 9.17) is 0 Å². The number of nitrogens with one attached hydrogen (secondary N) is 2. The fourth-order valence-corrected chi connectivity index (χ4v) is 4.09. The molecule has 0 fully saturated rings. The first kappa shape index (κ1) is 25.5. The van der Waals surface area contributed by atoms with Crippen molar-refractivity contribution in [1.82, 2.24) is 10.6 Å². The lowest BCUT2D eigenvalue weighted by molar-refractivity contribution is -0.286. The van der Waals surface area contributed by atoms with Gasteiger partial charge in [0.15, 0.2) is 11.5 Å². The lowest BCUT2D eigenvalue weighted by Gasteiger charge is -2.28. The van der Waals surface area contributed by atoms with Gasteiger partial charge in [0, 0.05) is 18.8 Å². The Bertz CT molecular complexity index is 1200. The van der Waals surface area contributed by atoms with Crippen LogP contribution in [0.3, 0.4) is 0 Å². The zero-order chi connectivity index (χ0) is 25.9. The lowest BCUT2D eigenvalue weighted by atomic mass is 9.95. The number of aryl methyl sites for hydroxylation is 1. The Morgan fingerprint density at radius 3 is 2.22 bits per heavy atom. The summed E-state index contributed by atoms with van der Waals surface area (Å²) in [6.07, 6.45) is -7.25. The number of likely N-dealkylation sites (N-methyl/N-ethyl adjacent to an activating group) is 1. The summed E-state index contributed by atoms with van der Waals surface area (Å²) in [5, 5.41) is 6.59. The quantitative estimate of drug-likeness (QED) is 0.316. The number of hydrogen-bond donors (Lipinski definition) is 2. The average molecular weight is 504 g/mol. The van der Waals surface area contributed by atoms with E-state index in [2.05, 4.69) is 26.7 Å². The third-order valence-electron chi connectivity index (χ3n) is 6.00. The number of hydrogen-bond acceptors (Lipinski definition) is 4. The second-order valence-electron chi connectivity index (χ2n) is 8.45. The predicted molar refractivity (Wildman–Crippen MR) is 126 cm³/mol. The minimum absolute atomic E-state index is 0.0653. The molecule has 9 heteroatoms. The topological polar surface area (TPSA) is 42.5 Å². The molecule has 0 spiro atoms. The van der Waals surface area contributed by atoms with Crippen LogP contribution in [-0.2, 0) is 12.6 Å². The van der Waals surface area contributed by atoms with Crippen molar-refractivity contribution in [2.75, 3.05) is 7.05 Å². The number of halogens is 5. The van der Waals surface area contributed by atoms with E-state index in [1.54, 1.807) is 13.1 Å². The van der Waals surface area contributed by atoms with E-state index in [1.807, 2.05) is 30.3 Å². The van der Waals surface area contributed by atoms with Crippen molar-refractivity contribution in [3.05, 3.63) is 107 Å². The highest BCUT2D eigenvalue weighted by atomic mass is 19.4. The second kappa shape index (κ2) is 10.2. The Morgan fingerprint density at radius 1 is 0.917 bits per heavy atom. The molecule has 0 amide bonds. The number of benzene rings is 3. The van der Waals surface area contributed by atoms with E-state index in [1.165, 1.54) is 24.3 Å². The molecule has 190 valence electrons. The molecule has 1 aliphatic rings. The normalized spacial score (nSPS) is 15.8. The molecule has 0 aliphatic carbocycles. The van der Waals surface area contributed by atoms with Gasteiger partial charge in [0.1, 0.15) is 0 Å². The van der Waals surface area contributed by atoms with Crippen LogP contribution in [0.4, 0.5) is 22.0 Å². The van der Waals surface area contributed by atoms with Crippen LogP contribution in [0, 0.1) is 0 Å². The van der Waals surface area contributed by atoms with Gasteiger partial charge < -0.3 is 14.8 Å². The van der Waals surface area contributed by atoms with E-state index in [-0.39, 0.29) is 23.6 Å². The van der Waals surface area contributed by atoms with Crippen molar-refractivity contribution in [2.24, 2.45) is 0 Å². The maximum absolute atomic E-state index is 13.6. The molecule has 4 nitrogen and oxygen atoms in total. The summed E-state index contributed by atoms with van der Waals surface area (Å²) in [5.74, 6) is -0.146. The van der Waals surface area contributed by atoms with E-state index >= 15 is 0 Å². The van der Waals surface area contributed by atoms with Crippen molar-refractivity contribution < 1.29 is 31.4 Å². The Labute approximate surface area is 205 Å². The third kappa shape index (κ3) is 5.96. The van der Waals surface area contributed by atoms with Crippen LogP contribution in [0.1, 0.15) is 40.8 Å². The molecular weight excluding hydrogens is 479 g/mol. The zero-order valence-corrected chi connectivity index (χ0v) is 19.4. The van der Waals surface area contributed by atoms with Crippen molar-refractivity contribution in [3.8, 4) is 11.5 Å². The van der Waals surface area contributed by atoms with Crippen LogP contribution < -0.4 is 20.1 Å². The summed E-state index contributed by atoms with van der Waals surface area (Å²) in [4.78, 5) is 0. The van der Waals surface area contributed by atoms with Gasteiger partial charge in [-0.1, -0.05) is 55.1 Å². The van der Waals surface area contributed by atoms with Gasteiger partial charge in [-0.15, -0.1) is 8.78 Å². The van der Waals surface area contributed by atoms with Gasteiger partial charge in [0.05, 0.1) is 11.6 Å². The van der Waals surface area contributed by atoms with Crippen molar-refractivity contribution in [2.45, 2.75) is 37.4 Å². The summed E-state index contributed by atoms with van der Waals surface area (Å²) in [6, 6.07) is 18.4. The van der Waals surface area contributed by atoms with Crippen LogP contribution in [0.5, 0.6) is 11.5 Å². The van der Waals surface area contributed by atoms with Crippen molar-refractivity contribution >= 4 is 0 Å². The van der Waals surface area contributed by atoms with E-state index in [9.17, 15) is 22.0 Å². The molecule has 0 saturated heterocycles. The number of alkyl halides is 5. The van der Waals surface area contributed by atoms with Crippen molar-refractivity contribution in [3.63, 3.8) is 0 Å². The zero-order valence-electron chi connectivity index (χ0n) is 19.4. The van der Waals surface area contributed by atoms with Gasteiger partial charge in [0.25, 0.3) is 0 Å². The molecule has 1 aliphatic heterocycles. The molecular formula is C27H25F5N2O2. The average Bonchev–Trinajstić information content (AvgIpc) is 3.17. The van der Waals surface area contributed by atoms with Crippen LogP contribution >= 0.6 is 0 Å². The molecule has 0 saturated carbocycles. The monoisotopic (exact) mass is 504 g/mol. The minimum Gasteiger partial charge on any atom is -0.395 e. The first-order chi connectivity index (χ1) is 17.1. The molecule has 1 heterocycles. The third-order valence-corrected chi connectivity index (χ3v) is 6.00. The highest BCUT2D eigenvalue weighted by molar-refractivity contribution is 5.46. The summed E-state index contributed by atoms with van der Waals surface area (Å²) >= 11 is 0.